The molecule has 1 aliphatic heterocycles. The lowest BCUT2D eigenvalue weighted by Crippen LogP contribution is -2.24. The minimum atomic E-state index is -0.901. The average molecular weight is 395 g/mol. The fourth-order valence-electron chi connectivity index (χ4n) is 2.87. The van der Waals surface area contributed by atoms with Crippen molar-refractivity contribution >= 4 is 5.97 Å². The van der Waals surface area contributed by atoms with E-state index in [0.29, 0.717) is 25.7 Å². The van der Waals surface area contributed by atoms with Gasteiger partial charge in [0.25, 0.3) is 0 Å². The Labute approximate surface area is 167 Å². The zero-order chi connectivity index (χ0) is 20.8. The minimum Gasteiger partial charge on any atom is -0.481 e. The van der Waals surface area contributed by atoms with Crippen LogP contribution in [-0.4, -0.2) is 56.9 Å². The van der Waals surface area contributed by atoms with Crippen molar-refractivity contribution in [2.24, 2.45) is 0 Å². The van der Waals surface area contributed by atoms with Gasteiger partial charge in [0.1, 0.15) is 0 Å². The summed E-state index contributed by atoms with van der Waals surface area (Å²) in [6, 6.07) is 0. The molecule has 0 aromatic carbocycles. The Morgan fingerprint density at radius 1 is 1.11 bits per heavy atom. The van der Waals surface area contributed by atoms with Gasteiger partial charge >= 0.3 is 5.97 Å². The molecule has 1 aliphatic rings. The first-order chi connectivity index (χ1) is 13.4. The van der Waals surface area contributed by atoms with Crippen LogP contribution in [-0.2, 0) is 9.53 Å². The third-order valence-electron chi connectivity index (χ3n) is 4.44. The second-order valence-corrected chi connectivity index (χ2v) is 6.92. The molecule has 0 aliphatic carbocycles. The van der Waals surface area contributed by atoms with E-state index in [1.165, 1.54) is 6.08 Å². The Bertz CT molecular complexity index is 551. The number of carbonyl (C=O) groups is 1. The third kappa shape index (κ3) is 10.6. The largest absolute Gasteiger partial charge is 0.481 e. The summed E-state index contributed by atoms with van der Waals surface area (Å²) in [6.07, 6.45) is 15.1. The highest BCUT2D eigenvalue weighted by Gasteiger charge is 2.36. The van der Waals surface area contributed by atoms with Gasteiger partial charge in [-0.25, -0.2) is 0 Å². The number of ether oxygens (including phenoxy) is 1. The number of hydrogen-bond donors (Lipinski definition) is 4. The van der Waals surface area contributed by atoms with E-state index in [1.54, 1.807) is 18.2 Å². The van der Waals surface area contributed by atoms with Gasteiger partial charge in [0.05, 0.1) is 30.5 Å². The molecule has 0 bridgehead atoms. The third-order valence-corrected chi connectivity index (χ3v) is 4.44. The van der Waals surface area contributed by atoms with Crippen LogP contribution in [0.4, 0.5) is 0 Å². The summed E-state index contributed by atoms with van der Waals surface area (Å²) in [6.45, 7) is 2.08. The number of aliphatic carboxylic acids is 1. The molecule has 6 heteroatoms. The normalized spacial score (nSPS) is 25.5. The molecular weight excluding hydrogens is 360 g/mol. The Kier molecular flexibility index (Phi) is 12.4. The van der Waals surface area contributed by atoms with E-state index in [-0.39, 0.29) is 6.42 Å². The highest BCUT2D eigenvalue weighted by molar-refractivity contribution is 5.66. The molecule has 4 N–H and O–H groups in total. The van der Waals surface area contributed by atoms with Crippen LogP contribution >= 0.6 is 0 Å². The van der Waals surface area contributed by atoms with Crippen LogP contribution in [0.2, 0.25) is 0 Å². The lowest BCUT2D eigenvalue weighted by Gasteiger charge is -2.16. The molecule has 0 amide bonds. The first-order valence-corrected chi connectivity index (χ1v) is 9.98. The van der Waals surface area contributed by atoms with Gasteiger partial charge in [0.15, 0.2) is 0 Å². The molecule has 1 saturated heterocycles. The number of carboxylic acid groups (broad SMARTS) is 1. The molecule has 0 saturated carbocycles. The van der Waals surface area contributed by atoms with E-state index < -0.39 is 36.5 Å². The van der Waals surface area contributed by atoms with Crippen LogP contribution in [0.3, 0.4) is 0 Å². The van der Waals surface area contributed by atoms with Crippen LogP contribution in [0.5, 0.6) is 0 Å². The zero-order valence-corrected chi connectivity index (χ0v) is 16.6. The number of hydrogen-bond acceptors (Lipinski definition) is 5. The Balaban J connectivity index is 2.33. The summed E-state index contributed by atoms with van der Waals surface area (Å²) in [4.78, 5) is 10.5. The first-order valence-electron chi connectivity index (χ1n) is 9.98. The monoisotopic (exact) mass is 394 g/mol. The Morgan fingerprint density at radius 2 is 1.86 bits per heavy atom. The summed E-state index contributed by atoms with van der Waals surface area (Å²) >= 11 is 0. The van der Waals surface area contributed by atoms with Crippen LogP contribution in [0, 0.1) is 0 Å². The van der Waals surface area contributed by atoms with Crippen molar-refractivity contribution in [2.75, 3.05) is 0 Å². The molecule has 158 valence electrons. The van der Waals surface area contributed by atoms with Crippen LogP contribution in [0.25, 0.3) is 0 Å². The van der Waals surface area contributed by atoms with Crippen molar-refractivity contribution < 1.29 is 30.0 Å². The summed E-state index contributed by atoms with van der Waals surface area (Å²) in [5, 5.41) is 38.8. The van der Waals surface area contributed by atoms with E-state index in [0.717, 1.165) is 12.8 Å². The van der Waals surface area contributed by atoms with Crippen LogP contribution in [0.15, 0.2) is 48.6 Å². The van der Waals surface area contributed by atoms with E-state index in [9.17, 15) is 20.1 Å². The molecule has 0 unspecified atom stereocenters. The highest BCUT2D eigenvalue weighted by Crippen LogP contribution is 2.26. The van der Waals surface area contributed by atoms with Crippen molar-refractivity contribution in [2.45, 2.75) is 82.4 Å². The van der Waals surface area contributed by atoms with Crippen molar-refractivity contribution in [1.82, 2.24) is 0 Å². The second-order valence-electron chi connectivity index (χ2n) is 6.92. The topological polar surface area (TPSA) is 107 Å². The molecule has 28 heavy (non-hydrogen) atoms. The number of carboxylic acids is 1. The van der Waals surface area contributed by atoms with Gasteiger partial charge in [-0.05, 0) is 32.1 Å². The van der Waals surface area contributed by atoms with Crippen molar-refractivity contribution in [3.8, 4) is 0 Å². The second kappa shape index (κ2) is 14.3. The quantitative estimate of drug-likeness (QED) is 0.358. The van der Waals surface area contributed by atoms with Gasteiger partial charge in [0.2, 0.25) is 0 Å². The van der Waals surface area contributed by atoms with Gasteiger partial charge in [0, 0.05) is 12.8 Å². The summed E-state index contributed by atoms with van der Waals surface area (Å²) in [5.74, 6) is -0.845. The molecule has 0 spiro atoms. The molecule has 0 aromatic rings. The molecule has 0 radical (unpaired) electrons. The molecule has 1 heterocycles. The van der Waals surface area contributed by atoms with Gasteiger partial charge < -0.3 is 25.2 Å². The fraction of sp³-hybridized carbons (Fsp3) is 0.591. The lowest BCUT2D eigenvalue weighted by atomic mass is 10.0. The standard InChI is InChI=1S/C22H34O6/c1-2-3-4-5-6-8-11-17(23)14-15-18(24)21-16-19(25)20(28-21)12-9-7-10-13-22(26)27/h3-4,6-9,14-15,17-21,23-25H,2,5,10-13,16H2,1H3,(H,26,27)/b4-3-,8-6-,9-7-,15-14+/t17-,18-,19+,20-,21+/m0/s1. The van der Waals surface area contributed by atoms with Gasteiger partial charge in [-0.15, -0.1) is 0 Å². The van der Waals surface area contributed by atoms with Gasteiger partial charge in [-0.2, -0.15) is 0 Å². The molecule has 5 atom stereocenters. The Hall–Kier alpha value is -1.73. The van der Waals surface area contributed by atoms with E-state index in [4.69, 9.17) is 9.84 Å². The summed E-state index contributed by atoms with van der Waals surface area (Å²) in [7, 11) is 0. The highest BCUT2D eigenvalue weighted by atomic mass is 16.5. The van der Waals surface area contributed by atoms with Crippen LogP contribution in [0.1, 0.15) is 51.9 Å². The number of aliphatic hydroxyl groups excluding tert-OH is 3. The molecular formula is C22H34O6. The van der Waals surface area contributed by atoms with Gasteiger partial charge in [-0.3, -0.25) is 4.79 Å². The van der Waals surface area contributed by atoms with Crippen molar-refractivity contribution in [1.29, 1.82) is 0 Å². The van der Waals surface area contributed by atoms with Crippen molar-refractivity contribution in [3.05, 3.63) is 48.6 Å². The first kappa shape index (κ1) is 24.3. The Morgan fingerprint density at radius 3 is 2.57 bits per heavy atom. The SMILES string of the molecule is CC/C=C\C/C=C\C[C@H](O)/C=C/[C@H](O)[C@H]1C[C@@H](O)[C@H](C/C=C\CCC(=O)O)O1. The molecule has 1 fully saturated rings. The maximum absolute atomic E-state index is 10.5. The lowest BCUT2D eigenvalue weighted by molar-refractivity contribution is -0.136. The summed E-state index contributed by atoms with van der Waals surface area (Å²) < 4.78 is 5.71. The minimum absolute atomic E-state index is 0.0731. The molecule has 0 aromatic heterocycles. The molecule has 1 rings (SSSR count). The summed E-state index contributed by atoms with van der Waals surface area (Å²) in [5.41, 5.74) is 0. The predicted molar refractivity (Wildman–Crippen MR) is 109 cm³/mol. The van der Waals surface area contributed by atoms with Crippen molar-refractivity contribution in [3.63, 3.8) is 0 Å². The maximum Gasteiger partial charge on any atom is 0.303 e. The smallest absolute Gasteiger partial charge is 0.303 e. The number of rotatable bonds is 13. The number of aliphatic hydroxyl groups is 3. The zero-order valence-electron chi connectivity index (χ0n) is 16.6. The molecule has 6 nitrogen and oxygen atoms in total. The maximum atomic E-state index is 10.5. The van der Waals surface area contributed by atoms with E-state index in [1.807, 2.05) is 12.2 Å². The van der Waals surface area contributed by atoms with Gasteiger partial charge in [-0.1, -0.05) is 55.5 Å². The number of allylic oxidation sites excluding steroid dienone is 4. The average Bonchev–Trinajstić information content (AvgIpc) is 3.03. The fourth-order valence-corrected chi connectivity index (χ4v) is 2.87. The van der Waals surface area contributed by atoms with E-state index >= 15 is 0 Å². The predicted octanol–water partition coefficient (Wildman–Crippen LogP) is 2.90. The van der Waals surface area contributed by atoms with Crippen LogP contribution < -0.4 is 0 Å². The van der Waals surface area contributed by atoms with E-state index in [2.05, 4.69) is 19.1 Å².